The molecule has 0 aromatic heterocycles. The van der Waals surface area contributed by atoms with Crippen LogP contribution in [0.4, 0.5) is 27.6 Å². The number of rotatable bonds is 7. The lowest BCUT2D eigenvalue weighted by molar-refractivity contribution is -0.271. The first kappa shape index (κ1) is 26.8. The van der Waals surface area contributed by atoms with Gasteiger partial charge in [-0.3, -0.25) is 9.10 Å². The zero-order valence-electron chi connectivity index (χ0n) is 19.0. The number of nitrogens with zero attached hydrogens (tertiary/aromatic N) is 1. The second-order valence-electron chi connectivity index (χ2n) is 8.74. The van der Waals surface area contributed by atoms with Gasteiger partial charge in [0.05, 0.1) is 16.6 Å². The van der Waals surface area contributed by atoms with Crippen LogP contribution in [0.5, 0.6) is 0 Å². The van der Waals surface area contributed by atoms with Gasteiger partial charge in [-0.2, -0.15) is 13.2 Å². The number of fused-ring (bicyclic) bond motifs is 1. The fourth-order valence-electron chi connectivity index (χ4n) is 4.24. The standard InChI is InChI=1S/C23H21F5N2O6S/c24-12-22(33,23(26,27)28)14-2-8-19-13(9-14)1-5-16(10-20(31)29-18-11-36-21(18)32)30(19)37(34,35)17-6-3-15(25)4-7-17/h2-4,6-9,16,18,33H,1,5,10-12H2,(H,29,31)/t16-,18?,22?/m0/s1. The van der Waals surface area contributed by atoms with E-state index in [0.717, 1.165) is 46.8 Å². The van der Waals surface area contributed by atoms with Crippen LogP contribution in [0.15, 0.2) is 47.4 Å². The summed E-state index contributed by atoms with van der Waals surface area (Å²) in [7, 11) is -4.46. The molecule has 1 saturated heterocycles. The van der Waals surface area contributed by atoms with Gasteiger partial charge in [0.2, 0.25) is 11.5 Å². The number of amides is 1. The van der Waals surface area contributed by atoms with Crippen molar-refractivity contribution in [2.45, 2.75) is 48.0 Å². The van der Waals surface area contributed by atoms with Gasteiger partial charge in [0.15, 0.2) is 6.04 Å². The predicted octanol–water partition coefficient (Wildman–Crippen LogP) is 2.49. The quantitative estimate of drug-likeness (QED) is 0.406. The fraction of sp³-hybridized carbons (Fsp3) is 0.391. The van der Waals surface area contributed by atoms with Crippen LogP contribution in [0.25, 0.3) is 0 Å². The third-order valence-electron chi connectivity index (χ3n) is 6.34. The van der Waals surface area contributed by atoms with E-state index in [4.69, 9.17) is 0 Å². The third-order valence-corrected chi connectivity index (χ3v) is 8.22. The van der Waals surface area contributed by atoms with Gasteiger partial charge in [-0.15, -0.1) is 0 Å². The van der Waals surface area contributed by atoms with Crippen molar-refractivity contribution < 1.29 is 49.8 Å². The van der Waals surface area contributed by atoms with Crippen molar-refractivity contribution in [3.05, 3.63) is 59.4 Å². The summed E-state index contributed by atoms with van der Waals surface area (Å²) in [4.78, 5) is 23.6. The minimum Gasteiger partial charge on any atom is -0.461 e. The molecule has 1 amide bonds. The van der Waals surface area contributed by atoms with E-state index >= 15 is 0 Å². The first-order valence-electron chi connectivity index (χ1n) is 11.0. The van der Waals surface area contributed by atoms with Gasteiger partial charge < -0.3 is 15.2 Å². The highest BCUT2D eigenvalue weighted by Crippen LogP contribution is 2.43. The van der Waals surface area contributed by atoms with Gasteiger partial charge in [0.25, 0.3) is 10.0 Å². The van der Waals surface area contributed by atoms with E-state index in [0.29, 0.717) is 0 Å². The van der Waals surface area contributed by atoms with E-state index in [9.17, 15) is 45.1 Å². The Morgan fingerprint density at radius 2 is 1.84 bits per heavy atom. The second kappa shape index (κ2) is 9.56. The highest BCUT2D eigenvalue weighted by atomic mass is 32.2. The zero-order chi connectivity index (χ0) is 27.2. The number of hydrogen-bond acceptors (Lipinski definition) is 6. The van der Waals surface area contributed by atoms with E-state index in [1.165, 1.54) is 0 Å². The molecule has 2 aliphatic heterocycles. The van der Waals surface area contributed by atoms with E-state index in [2.05, 4.69) is 10.1 Å². The molecule has 0 saturated carbocycles. The fourth-order valence-corrected chi connectivity index (χ4v) is 5.96. The number of esters is 1. The molecule has 3 atom stereocenters. The number of carbonyl (C=O) groups excluding carboxylic acids is 2. The normalized spacial score (nSPS) is 21.4. The van der Waals surface area contributed by atoms with Crippen molar-refractivity contribution >= 4 is 27.6 Å². The van der Waals surface area contributed by atoms with Gasteiger partial charge in [-0.25, -0.2) is 22.0 Å². The highest BCUT2D eigenvalue weighted by molar-refractivity contribution is 7.92. The molecule has 0 radical (unpaired) electrons. The van der Waals surface area contributed by atoms with Crippen molar-refractivity contribution in [1.82, 2.24) is 5.32 Å². The van der Waals surface area contributed by atoms with Gasteiger partial charge in [-0.05, 0) is 54.3 Å². The Hall–Kier alpha value is -3.26. The lowest BCUT2D eigenvalue weighted by Crippen LogP contribution is -2.54. The third kappa shape index (κ3) is 4.87. The molecule has 4 rings (SSSR count). The first-order chi connectivity index (χ1) is 17.3. The van der Waals surface area contributed by atoms with Crippen molar-refractivity contribution in [1.29, 1.82) is 0 Å². The number of anilines is 1. The maximum Gasteiger partial charge on any atom is 0.424 e. The predicted molar refractivity (Wildman–Crippen MR) is 118 cm³/mol. The van der Waals surface area contributed by atoms with E-state index in [1.807, 2.05) is 0 Å². The molecule has 2 heterocycles. The lowest BCUT2D eigenvalue weighted by atomic mass is 9.88. The van der Waals surface area contributed by atoms with Crippen LogP contribution in [-0.2, 0) is 36.4 Å². The Morgan fingerprint density at radius 3 is 2.38 bits per heavy atom. The number of cyclic esters (lactones) is 1. The Balaban J connectivity index is 1.75. The number of aliphatic hydroxyl groups is 1. The maximum atomic E-state index is 13.6. The summed E-state index contributed by atoms with van der Waals surface area (Å²) in [6, 6.07) is 4.60. The molecule has 200 valence electrons. The Labute approximate surface area is 208 Å². The molecule has 2 unspecified atom stereocenters. The molecule has 0 bridgehead atoms. The summed E-state index contributed by atoms with van der Waals surface area (Å²) in [5, 5.41) is 12.4. The van der Waals surface area contributed by atoms with Crippen LogP contribution < -0.4 is 9.62 Å². The molecular weight excluding hydrogens is 527 g/mol. The van der Waals surface area contributed by atoms with Crippen LogP contribution in [-0.4, -0.2) is 56.9 Å². The number of nitrogens with one attached hydrogen (secondary N) is 1. The monoisotopic (exact) mass is 548 g/mol. The van der Waals surface area contributed by atoms with E-state index in [-0.39, 0.29) is 35.6 Å². The molecule has 2 aromatic carbocycles. The minimum absolute atomic E-state index is 0.00223. The molecule has 2 N–H and O–H groups in total. The van der Waals surface area contributed by atoms with Gasteiger partial charge in [-0.1, -0.05) is 12.1 Å². The summed E-state index contributed by atoms with van der Waals surface area (Å²) in [6.45, 7) is -2.19. The molecular formula is C23H21F5N2O6S. The largest absolute Gasteiger partial charge is 0.461 e. The van der Waals surface area contributed by atoms with Crippen molar-refractivity contribution in [2.75, 3.05) is 17.6 Å². The Kier molecular flexibility index (Phi) is 6.92. The molecule has 0 spiro atoms. The maximum absolute atomic E-state index is 13.6. The number of carbonyl (C=O) groups is 2. The van der Waals surface area contributed by atoms with Crippen LogP contribution in [0.2, 0.25) is 0 Å². The first-order valence-corrected chi connectivity index (χ1v) is 12.5. The van der Waals surface area contributed by atoms with Crippen LogP contribution in [0, 0.1) is 5.82 Å². The summed E-state index contributed by atoms with van der Waals surface area (Å²) >= 11 is 0. The van der Waals surface area contributed by atoms with Crippen LogP contribution >= 0.6 is 0 Å². The summed E-state index contributed by atoms with van der Waals surface area (Å²) < 4.78 is 99.7. The van der Waals surface area contributed by atoms with Gasteiger partial charge in [0, 0.05) is 6.42 Å². The average molecular weight is 548 g/mol. The van der Waals surface area contributed by atoms with E-state index in [1.54, 1.807) is 0 Å². The molecule has 14 heteroatoms. The van der Waals surface area contributed by atoms with Crippen molar-refractivity contribution in [3.8, 4) is 0 Å². The number of sulfonamides is 1. The Morgan fingerprint density at radius 1 is 1.16 bits per heavy atom. The summed E-state index contributed by atoms with van der Waals surface area (Å²) in [6.07, 6.45) is -5.77. The average Bonchev–Trinajstić information content (AvgIpc) is 2.84. The Bertz CT molecular complexity index is 1320. The van der Waals surface area contributed by atoms with Crippen LogP contribution in [0.3, 0.4) is 0 Å². The highest BCUT2D eigenvalue weighted by Gasteiger charge is 2.55. The lowest BCUT2D eigenvalue weighted by Gasteiger charge is -2.39. The molecule has 2 aliphatic rings. The van der Waals surface area contributed by atoms with Gasteiger partial charge >= 0.3 is 12.1 Å². The van der Waals surface area contributed by atoms with Crippen LogP contribution in [0.1, 0.15) is 24.0 Å². The smallest absolute Gasteiger partial charge is 0.424 e. The number of aryl methyl sites for hydroxylation is 1. The molecule has 0 aliphatic carbocycles. The topological polar surface area (TPSA) is 113 Å². The number of halogens is 5. The van der Waals surface area contributed by atoms with E-state index < -0.39 is 70.2 Å². The molecule has 2 aromatic rings. The minimum atomic E-state index is -5.34. The van der Waals surface area contributed by atoms with Crippen molar-refractivity contribution in [2.24, 2.45) is 0 Å². The molecule has 8 nitrogen and oxygen atoms in total. The van der Waals surface area contributed by atoms with Crippen molar-refractivity contribution in [3.63, 3.8) is 0 Å². The molecule has 1 fully saturated rings. The number of ether oxygens (including phenoxy) is 1. The summed E-state index contributed by atoms with van der Waals surface area (Å²) in [5.74, 6) is -2.01. The number of alkyl halides is 4. The van der Waals surface area contributed by atoms with Gasteiger partial charge in [0.1, 0.15) is 19.1 Å². The number of benzene rings is 2. The SMILES string of the molecule is O=C(C[C@@H]1CCc2cc(C(O)(CF)C(F)(F)F)ccc2N1S(=O)(=O)c1ccc(F)cc1)NC1COC1=O. The summed E-state index contributed by atoms with van der Waals surface area (Å²) in [5.41, 5.74) is -4.61. The zero-order valence-corrected chi connectivity index (χ0v) is 19.8. The second-order valence-corrected chi connectivity index (χ2v) is 10.6. The molecule has 37 heavy (non-hydrogen) atoms. The number of hydrogen-bond donors (Lipinski definition) is 2.